The number of aliphatic hydroxyl groups is 1. The van der Waals surface area contributed by atoms with Crippen LogP contribution in [0.15, 0.2) is 46.9 Å². The Bertz CT molecular complexity index is 665. The zero-order chi connectivity index (χ0) is 16.1. The van der Waals surface area contributed by atoms with Gasteiger partial charge in [-0.05, 0) is 17.7 Å². The Kier molecular flexibility index (Phi) is 5.63. The molecule has 0 fully saturated rings. The molecule has 2 aromatic carbocycles. The maximum absolute atomic E-state index is 13.9. The van der Waals surface area contributed by atoms with Crippen molar-refractivity contribution in [3.63, 3.8) is 0 Å². The fourth-order valence-corrected chi connectivity index (χ4v) is 2.49. The van der Waals surface area contributed by atoms with E-state index in [9.17, 15) is 13.6 Å². The van der Waals surface area contributed by atoms with Gasteiger partial charge in [-0.2, -0.15) is 0 Å². The highest BCUT2D eigenvalue weighted by Gasteiger charge is 2.22. The predicted octanol–water partition coefficient (Wildman–Crippen LogP) is 3.36. The molecule has 0 bridgehead atoms. The standard InChI is InChI=1S/C16H14BrF2NO2/c17-12-8-13(15(19)14(18)9-12)16(22)20(6-7-21)10-11-4-2-1-3-5-11/h1-5,8-9,21H,6-7,10H2. The van der Waals surface area contributed by atoms with Gasteiger partial charge in [-0.15, -0.1) is 0 Å². The Hall–Kier alpha value is -1.79. The molecule has 0 spiro atoms. The first-order valence-corrected chi connectivity index (χ1v) is 7.41. The molecule has 0 saturated carbocycles. The molecule has 22 heavy (non-hydrogen) atoms. The molecule has 6 heteroatoms. The largest absolute Gasteiger partial charge is 0.395 e. The topological polar surface area (TPSA) is 40.5 Å². The third kappa shape index (κ3) is 3.90. The van der Waals surface area contributed by atoms with Crippen molar-refractivity contribution in [2.45, 2.75) is 6.54 Å². The Morgan fingerprint density at radius 3 is 2.50 bits per heavy atom. The minimum absolute atomic E-state index is 0.0291. The summed E-state index contributed by atoms with van der Waals surface area (Å²) in [6, 6.07) is 11.3. The summed E-state index contributed by atoms with van der Waals surface area (Å²) in [6.45, 7) is -0.0359. The average molecular weight is 370 g/mol. The van der Waals surface area contributed by atoms with Crippen LogP contribution in [-0.4, -0.2) is 29.1 Å². The van der Waals surface area contributed by atoms with Crippen LogP contribution in [0.1, 0.15) is 15.9 Å². The van der Waals surface area contributed by atoms with E-state index in [1.165, 1.54) is 11.0 Å². The summed E-state index contributed by atoms with van der Waals surface area (Å²) in [5.74, 6) is -2.96. The van der Waals surface area contributed by atoms with E-state index in [-0.39, 0.29) is 29.7 Å². The van der Waals surface area contributed by atoms with Crippen LogP contribution in [0.4, 0.5) is 8.78 Å². The van der Waals surface area contributed by atoms with Crippen LogP contribution in [0, 0.1) is 11.6 Å². The Morgan fingerprint density at radius 2 is 1.86 bits per heavy atom. The lowest BCUT2D eigenvalue weighted by molar-refractivity contribution is 0.0702. The number of benzene rings is 2. The van der Waals surface area contributed by atoms with Gasteiger partial charge in [-0.1, -0.05) is 46.3 Å². The third-order valence-corrected chi connectivity index (χ3v) is 3.55. The molecule has 3 nitrogen and oxygen atoms in total. The maximum Gasteiger partial charge on any atom is 0.257 e. The van der Waals surface area contributed by atoms with Gasteiger partial charge in [-0.25, -0.2) is 8.78 Å². The average Bonchev–Trinajstić information content (AvgIpc) is 2.51. The number of hydrogen-bond donors (Lipinski definition) is 1. The van der Waals surface area contributed by atoms with Gasteiger partial charge >= 0.3 is 0 Å². The molecular formula is C16H14BrF2NO2. The van der Waals surface area contributed by atoms with E-state index in [4.69, 9.17) is 5.11 Å². The van der Waals surface area contributed by atoms with Gasteiger partial charge in [0.2, 0.25) is 0 Å². The molecule has 0 unspecified atom stereocenters. The van der Waals surface area contributed by atoms with Crippen molar-refractivity contribution >= 4 is 21.8 Å². The number of carbonyl (C=O) groups excluding carboxylic acids is 1. The van der Waals surface area contributed by atoms with Crippen molar-refractivity contribution in [1.29, 1.82) is 0 Å². The van der Waals surface area contributed by atoms with Crippen LogP contribution in [0.25, 0.3) is 0 Å². The highest BCUT2D eigenvalue weighted by molar-refractivity contribution is 9.10. The van der Waals surface area contributed by atoms with Gasteiger partial charge in [0.25, 0.3) is 5.91 Å². The van der Waals surface area contributed by atoms with Crippen molar-refractivity contribution in [3.05, 3.63) is 69.7 Å². The van der Waals surface area contributed by atoms with E-state index >= 15 is 0 Å². The van der Waals surface area contributed by atoms with Crippen molar-refractivity contribution in [2.24, 2.45) is 0 Å². The number of aliphatic hydroxyl groups excluding tert-OH is 1. The van der Waals surface area contributed by atoms with E-state index < -0.39 is 17.5 Å². The van der Waals surface area contributed by atoms with Crippen LogP contribution >= 0.6 is 15.9 Å². The molecular weight excluding hydrogens is 356 g/mol. The molecule has 2 rings (SSSR count). The molecule has 0 aromatic heterocycles. The first-order chi connectivity index (χ1) is 10.5. The Labute approximate surface area is 135 Å². The second-order valence-electron chi connectivity index (χ2n) is 4.69. The van der Waals surface area contributed by atoms with Crippen LogP contribution in [0.5, 0.6) is 0 Å². The molecule has 0 heterocycles. The minimum Gasteiger partial charge on any atom is -0.395 e. The van der Waals surface area contributed by atoms with Crippen LogP contribution in [0.2, 0.25) is 0 Å². The van der Waals surface area contributed by atoms with Gasteiger partial charge < -0.3 is 10.0 Å². The normalized spacial score (nSPS) is 10.5. The molecule has 0 saturated heterocycles. The summed E-state index contributed by atoms with van der Waals surface area (Å²) in [5, 5.41) is 9.12. The summed E-state index contributed by atoms with van der Waals surface area (Å²) in [6.07, 6.45) is 0. The Balaban J connectivity index is 2.30. The van der Waals surface area contributed by atoms with Crippen LogP contribution in [0.3, 0.4) is 0 Å². The number of halogens is 3. The highest BCUT2D eigenvalue weighted by Crippen LogP contribution is 2.21. The number of nitrogens with zero attached hydrogens (tertiary/aromatic N) is 1. The molecule has 0 atom stereocenters. The van der Waals surface area contributed by atoms with E-state index in [0.717, 1.165) is 11.6 Å². The molecule has 1 N–H and O–H groups in total. The molecule has 0 aliphatic heterocycles. The predicted molar refractivity (Wildman–Crippen MR) is 82.3 cm³/mol. The summed E-state index contributed by atoms with van der Waals surface area (Å²) < 4.78 is 27.6. The van der Waals surface area contributed by atoms with Crippen molar-refractivity contribution in [2.75, 3.05) is 13.2 Å². The van der Waals surface area contributed by atoms with Crippen molar-refractivity contribution in [3.8, 4) is 0 Å². The first-order valence-electron chi connectivity index (χ1n) is 6.61. The fraction of sp³-hybridized carbons (Fsp3) is 0.188. The van der Waals surface area contributed by atoms with E-state index in [1.807, 2.05) is 30.3 Å². The third-order valence-electron chi connectivity index (χ3n) is 3.10. The van der Waals surface area contributed by atoms with Gasteiger partial charge in [0.1, 0.15) is 0 Å². The molecule has 0 aliphatic carbocycles. The summed E-state index contributed by atoms with van der Waals surface area (Å²) >= 11 is 3.04. The van der Waals surface area contributed by atoms with Gasteiger partial charge in [0, 0.05) is 17.6 Å². The monoisotopic (exact) mass is 369 g/mol. The second kappa shape index (κ2) is 7.47. The maximum atomic E-state index is 13.9. The van der Waals surface area contributed by atoms with Crippen molar-refractivity contribution in [1.82, 2.24) is 4.90 Å². The lowest BCUT2D eigenvalue weighted by atomic mass is 10.1. The van der Waals surface area contributed by atoms with Gasteiger partial charge in [0.05, 0.1) is 12.2 Å². The first kappa shape index (κ1) is 16.6. The number of rotatable bonds is 5. The van der Waals surface area contributed by atoms with Gasteiger partial charge in [-0.3, -0.25) is 4.79 Å². The number of carbonyl (C=O) groups is 1. The fourth-order valence-electron chi connectivity index (χ4n) is 2.06. The Morgan fingerprint density at radius 1 is 1.18 bits per heavy atom. The zero-order valence-electron chi connectivity index (χ0n) is 11.6. The SMILES string of the molecule is O=C(c1cc(Br)cc(F)c1F)N(CCO)Cc1ccccc1. The molecule has 116 valence electrons. The van der Waals surface area contributed by atoms with E-state index in [2.05, 4.69) is 15.9 Å². The van der Waals surface area contributed by atoms with E-state index in [1.54, 1.807) is 0 Å². The van der Waals surface area contributed by atoms with Crippen LogP contribution < -0.4 is 0 Å². The minimum atomic E-state index is -1.19. The van der Waals surface area contributed by atoms with Crippen LogP contribution in [-0.2, 0) is 6.54 Å². The quantitative estimate of drug-likeness (QED) is 0.820. The van der Waals surface area contributed by atoms with E-state index in [0.29, 0.717) is 0 Å². The number of amides is 1. The smallest absolute Gasteiger partial charge is 0.257 e. The lowest BCUT2D eigenvalue weighted by Gasteiger charge is -2.22. The molecule has 0 aliphatic rings. The van der Waals surface area contributed by atoms with Gasteiger partial charge in [0.15, 0.2) is 11.6 Å². The van der Waals surface area contributed by atoms with Crippen molar-refractivity contribution < 1.29 is 18.7 Å². The highest BCUT2D eigenvalue weighted by atomic mass is 79.9. The summed E-state index contributed by atoms with van der Waals surface area (Å²) in [4.78, 5) is 13.7. The second-order valence-corrected chi connectivity index (χ2v) is 5.60. The summed E-state index contributed by atoms with van der Waals surface area (Å²) in [5.41, 5.74) is 0.469. The lowest BCUT2D eigenvalue weighted by Crippen LogP contribution is -2.33. The molecule has 2 aromatic rings. The zero-order valence-corrected chi connectivity index (χ0v) is 13.2. The number of hydrogen-bond acceptors (Lipinski definition) is 2. The molecule has 1 amide bonds. The molecule has 0 radical (unpaired) electrons. The summed E-state index contributed by atoms with van der Waals surface area (Å²) in [7, 11) is 0.